The lowest BCUT2D eigenvalue weighted by atomic mass is 9.93. The van der Waals surface area contributed by atoms with Crippen LogP contribution in [0.25, 0.3) is 11.1 Å². The standard InChI is InChI=1S/C16H11N3/c17-9-15-13-7-3-1-5-11(13)12-6-2-4-8-14(12)16(10-18)19-15/h1-8,15-16,19H/t15-,16+. The monoisotopic (exact) mass is 245 g/mol. The van der Waals surface area contributed by atoms with Gasteiger partial charge in [-0.2, -0.15) is 10.5 Å². The van der Waals surface area contributed by atoms with Crippen molar-refractivity contribution in [1.29, 1.82) is 10.5 Å². The highest BCUT2D eigenvalue weighted by Gasteiger charge is 2.27. The molecule has 3 rings (SSSR count). The van der Waals surface area contributed by atoms with Crippen molar-refractivity contribution in [2.24, 2.45) is 0 Å². The van der Waals surface area contributed by atoms with Crippen molar-refractivity contribution in [2.75, 3.05) is 0 Å². The number of nitriles is 2. The Labute approximate surface area is 111 Å². The zero-order valence-corrected chi connectivity index (χ0v) is 10.2. The molecule has 1 N–H and O–H groups in total. The van der Waals surface area contributed by atoms with E-state index in [2.05, 4.69) is 17.5 Å². The molecule has 3 heteroatoms. The van der Waals surface area contributed by atoms with Gasteiger partial charge in [0, 0.05) is 0 Å². The molecule has 0 bridgehead atoms. The first kappa shape index (κ1) is 11.5. The second kappa shape index (κ2) is 4.57. The SMILES string of the molecule is N#C[C@@H]1N[C@H](C#N)c2ccccc2-c2ccccc21. The van der Waals surface area contributed by atoms with Gasteiger partial charge in [-0.25, -0.2) is 0 Å². The first-order valence-corrected chi connectivity index (χ1v) is 6.08. The zero-order valence-electron chi connectivity index (χ0n) is 10.2. The van der Waals surface area contributed by atoms with Crippen molar-refractivity contribution < 1.29 is 0 Å². The van der Waals surface area contributed by atoms with Gasteiger partial charge in [-0.3, -0.25) is 5.32 Å². The van der Waals surface area contributed by atoms with Crippen molar-refractivity contribution in [2.45, 2.75) is 12.1 Å². The predicted octanol–water partition coefficient (Wildman–Crippen LogP) is 3.09. The van der Waals surface area contributed by atoms with E-state index in [-0.39, 0.29) is 0 Å². The molecule has 19 heavy (non-hydrogen) atoms. The Morgan fingerprint density at radius 2 is 1.16 bits per heavy atom. The van der Waals surface area contributed by atoms with Crippen LogP contribution in [0, 0.1) is 22.7 Å². The Bertz CT molecular complexity index is 645. The topological polar surface area (TPSA) is 59.6 Å². The molecule has 0 aliphatic carbocycles. The first-order valence-electron chi connectivity index (χ1n) is 6.08. The summed E-state index contributed by atoms with van der Waals surface area (Å²) in [6.07, 6.45) is 0. The fourth-order valence-corrected chi connectivity index (χ4v) is 2.55. The van der Waals surface area contributed by atoms with Gasteiger partial charge in [-0.15, -0.1) is 0 Å². The maximum absolute atomic E-state index is 9.33. The third kappa shape index (κ3) is 1.78. The lowest BCUT2D eigenvalue weighted by Crippen LogP contribution is -2.23. The van der Waals surface area contributed by atoms with Crippen LogP contribution in [0.15, 0.2) is 48.5 Å². The molecule has 0 radical (unpaired) electrons. The molecule has 90 valence electrons. The van der Waals surface area contributed by atoms with E-state index < -0.39 is 12.1 Å². The Hall–Kier alpha value is -2.62. The fourth-order valence-electron chi connectivity index (χ4n) is 2.55. The van der Waals surface area contributed by atoms with E-state index in [1.807, 2.05) is 48.5 Å². The van der Waals surface area contributed by atoms with Gasteiger partial charge in [0.1, 0.15) is 12.1 Å². The molecule has 0 aromatic heterocycles. The molecule has 0 amide bonds. The number of hydrogen-bond acceptors (Lipinski definition) is 3. The molecule has 0 spiro atoms. The average Bonchev–Trinajstić information content (AvgIpc) is 2.62. The predicted molar refractivity (Wildman–Crippen MR) is 71.7 cm³/mol. The van der Waals surface area contributed by atoms with Crippen LogP contribution in [-0.2, 0) is 0 Å². The van der Waals surface area contributed by atoms with Gasteiger partial charge >= 0.3 is 0 Å². The van der Waals surface area contributed by atoms with Crippen LogP contribution >= 0.6 is 0 Å². The van der Waals surface area contributed by atoms with Crippen molar-refractivity contribution >= 4 is 0 Å². The third-order valence-electron chi connectivity index (χ3n) is 3.43. The summed E-state index contributed by atoms with van der Waals surface area (Å²) in [6.45, 7) is 0. The van der Waals surface area contributed by atoms with Gasteiger partial charge in [0.2, 0.25) is 0 Å². The van der Waals surface area contributed by atoms with Crippen LogP contribution in [0.5, 0.6) is 0 Å². The van der Waals surface area contributed by atoms with E-state index in [1.165, 1.54) is 0 Å². The summed E-state index contributed by atoms with van der Waals surface area (Å²) >= 11 is 0. The number of fused-ring (bicyclic) bond motifs is 3. The van der Waals surface area contributed by atoms with Gasteiger partial charge in [0.05, 0.1) is 12.1 Å². The second-order valence-corrected chi connectivity index (χ2v) is 4.47. The molecule has 1 heterocycles. The van der Waals surface area contributed by atoms with Gasteiger partial charge < -0.3 is 0 Å². The van der Waals surface area contributed by atoms with Crippen LogP contribution < -0.4 is 5.32 Å². The van der Waals surface area contributed by atoms with E-state index in [4.69, 9.17) is 0 Å². The van der Waals surface area contributed by atoms with Crippen LogP contribution in [-0.4, -0.2) is 0 Å². The van der Waals surface area contributed by atoms with E-state index >= 15 is 0 Å². The van der Waals surface area contributed by atoms with Crippen molar-refractivity contribution in [3.05, 3.63) is 59.7 Å². The normalized spacial score (nSPS) is 20.3. The minimum atomic E-state index is -0.465. The van der Waals surface area contributed by atoms with E-state index in [9.17, 15) is 10.5 Å². The zero-order chi connectivity index (χ0) is 13.2. The molecule has 2 aromatic carbocycles. The van der Waals surface area contributed by atoms with E-state index in [0.717, 1.165) is 22.3 Å². The lowest BCUT2D eigenvalue weighted by molar-refractivity contribution is 0.588. The Morgan fingerprint density at radius 3 is 1.58 bits per heavy atom. The molecule has 3 nitrogen and oxygen atoms in total. The van der Waals surface area contributed by atoms with Gasteiger partial charge in [0.25, 0.3) is 0 Å². The fraction of sp³-hybridized carbons (Fsp3) is 0.125. The molecular weight excluding hydrogens is 234 g/mol. The quantitative estimate of drug-likeness (QED) is 0.775. The lowest BCUT2D eigenvalue weighted by Gasteiger charge is -2.13. The maximum atomic E-state index is 9.33. The van der Waals surface area contributed by atoms with Gasteiger partial charge in [0.15, 0.2) is 0 Å². The molecule has 0 saturated carbocycles. The molecular formula is C16H11N3. The van der Waals surface area contributed by atoms with Crippen molar-refractivity contribution in [3.8, 4) is 23.3 Å². The summed E-state index contributed by atoms with van der Waals surface area (Å²) in [5.74, 6) is 0. The average molecular weight is 245 g/mol. The second-order valence-electron chi connectivity index (χ2n) is 4.47. The molecule has 2 atom stereocenters. The third-order valence-corrected chi connectivity index (χ3v) is 3.43. The molecule has 0 fully saturated rings. The van der Waals surface area contributed by atoms with E-state index in [0.29, 0.717) is 0 Å². The van der Waals surface area contributed by atoms with E-state index in [1.54, 1.807) is 0 Å². The minimum Gasteiger partial charge on any atom is -0.279 e. The highest BCUT2D eigenvalue weighted by Crippen LogP contribution is 2.37. The maximum Gasteiger partial charge on any atom is 0.123 e. The molecule has 1 aliphatic heterocycles. The van der Waals surface area contributed by atoms with Gasteiger partial charge in [-0.05, 0) is 22.3 Å². The number of benzene rings is 2. The summed E-state index contributed by atoms with van der Waals surface area (Å²) in [5, 5.41) is 21.8. The van der Waals surface area contributed by atoms with Gasteiger partial charge in [-0.1, -0.05) is 48.5 Å². The van der Waals surface area contributed by atoms with Crippen LogP contribution in [0.4, 0.5) is 0 Å². The molecule has 0 saturated heterocycles. The minimum absolute atomic E-state index is 0.465. The summed E-state index contributed by atoms with van der Waals surface area (Å²) in [4.78, 5) is 0. The highest BCUT2D eigenvalue weighted by atomic mass is 15.0. The van der Waals surface area contributed by atoms with Crippen LogP contribution in [0.2, 0.25) is 0 Å². The van der Waals surface area contributed by atoms with Crippen molar-refractivity contribution in [3.63, 3.8) is 0 Å². The van der Waals surface area contributed by atoms with Crippen LogP contribution in [0.1, 0.15) is 23.2 Å². The Balaban J connectivity index is 2.32. The number of hydrogen-bond donors (Lipinski definition) is 1. The summed E-state index contributed by atoms with van der Waals surface area (Å²) in [7, 11) is 0. The Morgan fingerprint density at radius 1 is 0.737 bits per heavy atom. The summed E-state index contributed by atoms with van der Waals surface area (Å²) in [5.41, 5.74) is 3.90. The number of nitrogens with zero attached hydrogens (tertiary/aromatic N) is 2. The summed E-state index contributed by atoms with van der Waals surface area (Å²) < 4.78 is 0. The highest BCUT2D eigenvalue weighted by molar-refractivity contribution is 5.73. The Kier molecular flexibility index (Phi) is 2.76. The number of nitrogens with one attached hydrogen (secondary N) is 1. The first-order chi connectivity index (χ1) is 9.35. The molecule has 1 aliphatic rings. The molecule has 0 unspecified atom stereocenters. The molecule has 2 aromatic rings. The largest absolute Gasteiger partial charge is 0.279 e. The smallest absolute Gasteiger partial charge is 0.123 e. The number of rotatable bonds is 0. The van der Waals surface area contributed by atoms with Crippen LogP contribution in [0.3, 0.4) is 0 Å². The van der Waals surface area contributed by atoms with Crippen molar-refractivity contribution in [1.82, 2.24) is 5.32 Å². The summed E-state index contributed by atoms with van der Waals surface area (Å²) in [6, 6.07) is 19.2.